The average molecular weight is 309 g/mol. The molecule has 0 amide bonds. The van der Waals surface area contributed by atoms with Gasteiger partial charge in [0.25, 0.3) is 0 Å². The van der Waals surface area contributed by atoms with Crippen molar-refractivity contribution < 1.29 is 30.7 Å². The zero-order valence-corrected chi connectivity index (χ0v) is 10.1. The van der Waals surface area contributed by atoms with Crippen LogP contribution in [0.5, 0.6) is 0 Å². The topological polar surface area (TPSA) is 12.9 Å². The fourth-order valence-electron chi connectivity index (χ4n) is 1.88. The molecule has 0 spiro atoms. The first-order chi connectivity index (χ1) is 9.62. The number of benzene rings is 1. The monoisotopic (exact) mass is 309 g/mol. The number of halogens is 7. The Morgan fingerprint density at radius 2 is 1.33 bits per heavy atom. The normalized spacial score (nSPS) is 12.5. The number of pyridine rings is 1. The van der Waals surface area contributed by atoms with E-state index >= 15 is 0 Å². The standard InChI is InChI=1S/C13H6F7N/c14-11-10(9(5-6-21-11)13(18,19)20)7-3-1-2-4-8(7)12(15,16)17/h1-6H. The molecule has 0 aliphatic carbocycles. The summed E-state index contributed by atoms with van der Waals surface area (Å²) in [6.45, 7) is 0. The van der Waals surface area contributed by atoms with Gasteiger partial charge in [0.15, 0.2) is 0 Å². The van der Waals surface area contributed by atoms with E-state index < -0.39 is 40.6 Å². The van der Waals surface area contributed by atoms with Crippen LogP contribution in [0.15, 0.2) is 36.5 Å². The molecule has 8 heteroatoms. The first-order valence-corrected chi connectivity index (χ1v) is 5.50. The van der Waals surface area contributed by atoms with Crippen LogP contribution in [0.25, 0.3) is 11.1 Å². The lowest BCUT2D eigenvalue weighted by molar-refractivity contribution is -0.139. The molecule has 0 atom stereocenters. The maximum atomic E-state index is 13.7. The first-order valence-electron chi connectivity index (χ1n) is 5.50. The molecular formula is C13H6F7N. The molecule has 0 fully saturated rings. The Kier molecular flexibility index (Phi) is 3.65. The smallest absolute Gasteiger partial charge is 0.228 e. The highest BCUT2D eigenvalue weighted by Gasteiger charge is 2.39. The van der Waals surface area contributed by atoms with Gasteiger partial charge in [0, 0.05) is 11.8 Å². The number of aromatic nitrogens is 1. The van der Waals surface area contributed by atoms with Crippen molar-refractivity contribution in [1.82, 2.24) is 4.98 Å². The molecule has 0 unspecified atom stereocenters. The third-order valence-corrected chi connectivity index (χ3v) is 2.71. The molecule has 0 bridgehead atoms. The fraction of sp³-hybridized carbons (Fsp3) is 0.154. The molecule has 21 heavy (non-hydrogen) atoms. The fourth-order valence-corrected chi connectivity index (χ4v) is 1.88. The Balaban J connectivity index is 2.81. The van der Waals surface area contributed by atoms with E-state index in [0.717, 1.165) is 18.2 Å². The van der Waals surface area contributed by atoms with Gasteiger partial charge in [-0.2, -0.15) is 30.7 Å². The lowest BCUT2D eigenvalue weighted by Gasteiger charge is -2.17. The van der Waals surface area contributed by atoms with E-state index in [9.17, 15) is 30.7 Å². The van der Waals surface area contributed by atoms with Gasteiger partial charge in [-0.05, 0) is 17.7 Å². The molecule has 2 rings (SSSR count). The van der Waals surface area contributed by atoms with Gasteiger partial charge in [-0.15, -0.1) is 0 Å². The van der Waals surface area contributed by atoms with Crippen molar-refractivity contribution in [2.24, 2.45) is 0 Å². The third-order valence-electron chi connectivity index (χ3n) is 2.71. The summed E-state index contributed by atoms with van der Waals surface area (Å²) in [6, 6.07) is 3.90. The predicted octanol–water partition coefficient (Wildman–Crippen LogP) is 4.93. The maximum absolute atomic E-state index is 13.7. The van der Waals surface area contributed by atoms with E-state index in [1.54, 1.807) is 0 Å². The van der Waals surface area contributed by atoms with Gasteiger partial charge in [0.1, 0.15) is 0 Å². The number of alkyl halides is 6. The highest BCUT2D eigenvalue weighted by atomic mass is 19.4. The Hall–Kier alpha value is -2.12. The minimum atomic E-state index is -5.00. The van der Waals surface area contributed by atoms with Gasteiger partial charge in [0.2, 0.25) is 5.95 Å². The zero-order valence-electron chi connectivity index (χ0n) is 10.1. The molecule has 0 aliphatic rings. The van der Waals surface area contributed by atoms with Crippen molar-refractivity contribution in [3.05, 3.63) is 53.6 Å². The van der Waals surface area contributed by atoms with Crippen LogP contribution in [0.4, 0.5) is 30.7 Å². The molecule has 1 aromatic heterocycles. The minimum absolute atomic E-state index is 0.436. The van der Waals surface area contributed by atoms with E-state index in [-0.39, 0.29) is 0 Å². The summed E-state index contributed by atoms with van der Waals surface area (Å²) < 4.78 is 90.9. The summed E-state index contributed by atoms with van der Waals surface area (Å²) in [7, 11) is 0. The van der Waals surface area contributed by atoms with Crippen molar-refractivity contribution >= 4 is 0 Å². The van der Waals surface area contributed by atoms with E-state index in [0.29, 0.717) is 18.3 Å². The van der Waals surface area contributed by atoms with Crippen molar-refractivity contribution in [3.8, 4) is 11.1 Å². The summed E-state index contributed by atoms with van der Waals surface area (Å²) in [6.07, 6.45) is -9.36. The van der Waals surface area contributed by atoms with Crippen LogP contribution in [0.1, 0.15) is 11.1 Å². The van der Waals surface area contributed by atoms with Crippen molar-refractivity contribution in [1.29, 1.82) is 0 Å². The molecule has 0 saturated heterocycles. The van der Waals surface area contributed by atoms with Crippen LogP contribution >= 0.6 is 0 Å². The summed E-state index contributed by atoms with van der Waals surface area (Å²) >= 11 is 0. The van der Waals surface area contributed by atoms with E-state index in [2.05, 4.69) is 4.98 Å². The minimum Gasteiger partial charge on any atom is -0.228 e. The molecular weight excluding hydrogens is 303 g/mol. The number of hydrogen-bond acceptors (Lipinski definition) is 1. The highest BCUT2D eigenvalue weighted by molar-refractivity contribution is 5.71. The van der Waals surface area contributed by atoms with Crippen LogP contribution in [0, 0.1) is 5.95 Å². The van der Waals surface area contributed by atoms with Crippen LogP contribution in [-0.4, -0.2) is 4.98 Å². The number of hydrogen-bond donors (Lipinski definition) is 0. The van der Waals surface area contributed by atoms with Crippen LogP contribution in [0.3, 0.4) is 0 Å². The molecule has 1 nitrogen and oxygen atoms in total. The van der Waals surface area contributed by atoms with Gasteiger partial charge in [-0.3, -0.25) is 0 Å². The van der Waals surface area contributed by atoms with Gasteiger partial charge >= 0.3 is 12.4 Å². The number of rotatable bonds is 1. The molecule has 0 N–H and O–H groups in total. The van der Waals surface area contributed by atoms with Gasteiger partial charge < -0.3 is 0 Å². The van der Waals surface area contributed by atoms with E-state index in [1.807, 2.05) is 0 Å². The lowest BCUT2D eigenvalue weighted by Crippen LogP contribution is -2.13. The van der Waals surface area contributed by atoms with Crippen molar-refractivity contribution in [2.45, 2.75) is 12.4 Å². The van der Waals surface area contributed by atoms with E-state index in [4.69, 9.17) is 0 Å². The van der Waals surface area contributed by atoms with E-state index in [1.165, 1.54) is 0 Å². The summed E-state index contributed by atoms with van der Waals surface area (Å²) in [5.41, 5.74) is -4.98. The third kappa shape index (κ3) is 2.98. The second-order valence-corrected chi connectivity index (χ2v) is 4.07. The second kappa shape index (κ2) is 5.01. The van der Waals surface area contributed by atoms with Crippen molar-refractivity contribution in [2.75, 3.05) is 0 Å². The largest absolute Gasteiger partial charge is 0.417 e. The summed E-state index contributed by atoms with van der Waals surface area (Å²) in [5, 5.41) is 0. The summed E-state index contributed by atoms with van der Waals surface area (Å²) in [5.74, 6) is -1.61. The average Bonchev–Trinajstić information content (AvgIpc) is 2.36. The molecule has 2 aromatic rings. The molecule has 1 aromatic carbocycles. The SMILES string of the molecule is Fc1nccc(C(F)(F)F)c1-c1ccccc1C(F)(F)F. The highest BCUT2D eigenvalue weighted by Crippen LogP contribution is 2.42. The van der Waals surface area contributed by atoms with Gasteiger partial charge in [-0.1, -0.05) is 18.2 Å². The lowest BCUT2D eigenvalue weighted by atomic mass is 9.96. The molecule has 0 radical (unpaired) electrons. The Morgan fingerprint density at radius 1 is 0.762 bits per heavy atom. The van der Waals surface area contributed by atoms with Crippen LogP contribution in [-0.2, 0) is 12.4 Å². The predicted molar refractivity (Wildman–Crippen MR) is 59.6 cm³/mol. The molecule has 112 valence electrons. The maximum Gasteiger partial charge on any atom is 0.417 e. The quantitative estimate of drug-likeness (QED) is 0.538. The molecule has 0 aliphatic heterocycles. The summed E-state index contributed by atoms with van der Waals surface area (Å²) in [4.78, 5) is 3.02. The van der Waals surface area contributed by atoms with Gasteiger partial charge in [-0.25, -0.2) is 4.98 Å². The van der Waals surface area contributed by atoms with Crippen molar-refractivity contribution in [3.63, 3.8) is 0 Å². The van der Waals surface area contributed by atoms with Crippen LogP contribution in [0.2, 0.25) is 0 Å². The Morgan fingerprint density at radius 3 is 1.90 bits per heavy atom. The Bertz CT molecular complexity index is 658. The number of nitrogens with zero attached hydrogens (tertiary/aromatic N) is 1. The molecule has 1 heterocycles. The second-order valence-electron chi connectivity index (χ2n) is 4.07. The van der Waals surface area contributed by atoms with Crippen LogP contribution < -0.4 is 0 Å². The zero-order chi connectivity index (χ0) is 15.8. The van der Waals surface area contributed by atoms with Gasteiger partial charge in [0.05, 0.1) is 11.1 Å². The molecule has 0 saturated carbocycles. The first kappa shape index (κ1) is 15.3. The Labute approximate surface area is 114 Å².